The average Bonchev–Trinajstić information content (AvgIpc) is 2.17. The maximum atomic E-state index is 11.3. The van der Waals surface area contributed by atoms with Crippen LogP contribution in [0.4, 0.5) is 4.79 Å². The van der Waals surface area contributed by atoms with Crippen molar-refractivity contribution in [2.45, 2.75) is 46.1 Å². The molecule has 3 nitrogen and oxygen atoms in total. The van der Waals surface area contributed by atoms with Crippen molar-refractivity contribution in [2.75, 3.05) is 6.61 Å². The van der Waals surface area contributed by atoms with Gasteiger partial charge in [-0.1, -0.05) is 27.2 Å². The van der Waals surface area contributed by atoms with Crippen LogP contribution in [0.15, 0.2) is 0 Å². The van der Waals surface area contributed by atoms with Gasteiger partial charge in [-0.3, -0.25) is 0 Å². The second-order valence-corrected chi connectivity index (χ2v) is 5.08. The fraction of sp³-hybridized carbons (Fsp3) is 0.846. The van der Waals surface area contributed by atoms with Crippen molar-refractivity contribution in [1.29, 1.82) is 0 Å². The zero-order chi connectivity index (χ0) is 12.1. The summed E-state index contributed by atoms with van der Waals surface area (Å²) in [5.74, 6) is 1.64. The molecule has 3 atom stereocenters. The molecule has 0 aliphatic heterocycles. The Balaban J connectivity index is 2.54. The van der Waals surface area contributed by atoms with Gasteiger partial charge >= 0.3 is 6.16 Å². The van der Waals surface area contributed by atoms with E-state index in [-0.39, 0.29) is 12.7 Å². The standard InChI is InChI=1S/C13H23O3/c1-5-15-13(14)16-12-8-10(4)6-7-11(12)9(2)3/h9-12H,1,5-8H2,2-4H3. The van der Waals surface area contributed by atoms with Gasteiger partial charge in [-0.15, -0.1) is 0 Å². The molecule has 0 aromatic rings. The minimum atomic E-state index is -0.570. The van der Waals surface area contributed by atoms with Crippen molar-refractivity contribution in [3.8, 4) is 0 Å². The Morgan fingerprint density at radius 3 is 2.69 bits per heavy atom. The van der Waals surface area contributed by atoms with Crippen molar-refractivity contribution in [3.63, 3.8) is 0 Å². The van der Waals surface area contributed by atoms with E-state index in [4.69, 9.17) is 9.47 Å². The summed E-state index contributed by atoms with van der Waals surface area (Å²) in [7, 11) is 0. The predicted octanol–water partition coefficient (Wildman–Crippen LogP) is 3.43. The maximum absolute atomic E-state index is 11.3. The topological polar surface area (TPSA) is 35.5 Å². The van der Waals surface area contributed by atoms with Gasteiger partial charge in [0.15, 0.2) is 0 Å². The van der Waals surface area contributed by atoms with Gasteiger partial charge in [-0.2, -0.15) is 0 Å². The van der Waals surface area contributed by atoms with Crippen LogP contribution in [0, 0.1) is 24.7 Å². The molecule has 1 aliphatic rings. The Morgan fingerprint density at radius 1 is 1.44 bits per heavy atom. The summed E-state index contributed by atoms with van der Waals surface area (Å²) in [4.78, 5) is 11.3. The third kappa shape index (κ3) is 3.69. The third-order valence-corrected chi connectivity index (χ3v) is 3.43. The summed E-state index contributed by atoms with van der Waals surface area (Å²) in [5, 5.41) is 0. The smallest absolute Gasteiger partial charge is 0.434 e. The van der Waals surface area contributed by atoms with E-state index >= 15 is 0 Å². The fourth-order valence-corrected chi connectivity index (χ4v) is 2.49. The van der Waals surface area contributed by atoms with Crippen LogP contribution in [0.3, 0.4) is 0 Å². The normalized spacial score (nSPS) is 30.2. The van der Waals surface area contributed by atoms with E-state index in [0.29, 0.717) is 17.8 Å². The van der Waals surface area contributed by atoms with Crippen LogP contribution in [-0.2, 0) is 9.47 Å². The highest BCUT2D eigenvalue weighted by Crippen LogP contribution is 2.35. The first-order valence-corrected chi connectivity index (χ1v) is 6.17. The summed E-state index contributed by atoms with van der Waals surface area (Å²) < 4.78 is 10.1. The van der Waals surface area contributed by atoms with Crippen LogP contribution >= 0.6 is 0 Å². The van der Waals surface area contributed by atoms with Gasteiger partial charge in [0.2, 0.25) is 0 Å². The highest BCUT2D eigenvalue weighted by molar-refractivity contribution is 5.60. The Hall–Kier alpha value is -0.730. The van der Waals surface area contributed by atoms with Gasteiger partial charge in [0.1, 0.15) is 6.10 Å². The average molecular weight is 227 g/mol. The predicted molar refractivity (Wildman–Crippen MR) is 62.9 cm³/mol. The van der Waals surface area contributed by atoms with E-state index in [1.165, 1.54) is 6.42 Å². The SMILES string of the molecule is [CH2]COC(=O)OC1CC(C)CCC1C(C)C. The van der Waals surface area contributed by atoms with Crippen molar-refractivity contribution in [1.82, 2.24) is 0 Å². The Kier molecular flexibility index (Phi) is 5.10. The van der Waals surface area contributed by atoms with Gasteiger partial charge in [0.05, 0.1) is 6.61 Å². The molecule has 0 amide bonds. The molecule has 0 aromatic heterocycles. The molecule has 3 unspecified atom stereocenters. The molecular formula is C13H23O3. The summed E-state index contributed by atoms with van der Waals surface area (Å²) in [5.41, 5.74) is 0. The molecule has 16 heavy (non-hydrogen) atoms. The second-order valence-electron chi connectivity index (χ2n) is 5.08. The summed E-state index contributed by atoms with van der Waals surface area (Å²) >= 11 is 0. The van der Waals surface area contributed by atoms with Crippen LogP contribution in [0.1, 0.15) is 40.0 Å². The molecule has 1 saturated carbocycles. The van der Waals surface area contributed by atoms with Crippen molar-refractivity contribution < 1.29 is 14.3 Å². The molecule has 1 aliphatic carbocycles. The zero-order valence-electron chi connectivity index (χ0n) is 10.6. The van der Waals surface area contributed by atoms with Gasteiger partial charge in [-0.25, -0.2) is 4.79 Å². The lowest BCUT2D eigenvalue weighted by Gasteiger charge is -2.36. The molecule has 0 saturated heterocycles. The lowest BCUT2D eigenvalue weighted by Crippen LogP contribution is -2.36. The van der Waals surface area contributed by atoms with E-state index in [1.54, 1.807) is 0 Å². The molecule has 3 heteroatoms. The number of hydrogen-bond acceptors (Lipinski definition) is 3. The Labute approximate surface area is 98.5 Å². The Morgan fingerprint density at radius 2 is 2.12 bits per heavy atom. The summed E-state index contributed by atoms with van der Waals surface area (Å²) in [6.07, 6.45) is 2.77. The molecule has 1 rings (SSSR count). The lowest BCUT2D eigenvalue weighted by molar-refractivity contribution is -0.0288. The Bertz CT molecular complexity index is 225. The number of hydrogen-bond donors (Lipinski definition) is 0. The number of ether oxygens (including phenoxy) is 2. The fourth-order valence-electron chi connectivity index (χ4n) is 2.49. The molecule has 0 bridgehead atoms. The quantitative estimate of drug-likeness (QED) is 0.693. The van der Waals surface area contributed by atoms with Gasteiger partial charge in [0, 0.05) is 0 Å². The van der Waals surface area contributed by atoms with Crippen LogP contribution in [-0.4, -0.2) is 18.9 Å². The molecule has 0 N–H and O–H groups in total. The minimum Gasteiger partial charge on any atom is -0.434 e. The first-order valence-electron chi connectivity index (χ1n) is 6.17. The highest BCUT2D eigenvalue weighted by Gasteiger charge is 2.33. The van der Waals surface area contributed by atoms with E-state index in [0.717, 1.165) is 12.8 Å². The molecule has 93 valence electrons. The first kappa shape index (κ1) is 13.3. The number of carbonyl (C=O) groups is 1. The van der Waals surface area contributed by atoms with Gasteiger partial charge < -0.3 is 9.47 Å². The largest absolute Gasteiger partial charge is 0.508 e. The molecule has 1 radical (unpaired) electrons. The van der Waals surface area contributed by atoms with Crippen LogP contribution < -0.4 is 0 Å². The molecule has 0 spiro atoms. The molecule has 0 heterocycles. The van der Waals surface area contributed by atoms with Gasteiger partial charge in [-0.05, 0) is 37.5 Å². The van der Waals surface area contributed by atoms with Crippen LogP contribution in [0.25, 0.3) is 0 Å². The number of rotatable bonds is 3. The monoisotopic (exact) mass is 227 g/mol. The van der Waals surface area contributed by atoms with Crippen LogP contribution in [0.2, 0.25) is 0 Å². The molecule has 1 fully saturated rings. The van der Waals surface area contributed by atoms with Gasteiger partial charge in [0.25, 0.3) is 0 Å². The molecular weight excluding hydrogens is 204 g/mol. The van der Waals surface area contributed by atoms with E-state index in [9.17, 15) is 4.79 Å². The second kappa shape index (κ2) is 6.12. The van der Waals surface area contributed by atoms with E-state index in [1.807, 2.05) is 0 Å². The minimum absolute atomic E-state index is 0.0165. The van der Waals surface area contributed by atoms with E-state index < -0.39 is 6.16 Å². The maximum Gasteiger partial charge on any atom is 0.508 e. The summed E-state index contributed by atoms with van der Waals surface area (Å²) in [6, 6.07) is 0. The van der Waals surface area contributed by atoms with Crippen molar-refractivity contribution >= 4 is 6.16 Å². The van der Waals surface area contributed by atoms with Crippen LogP contribution in [0.5, 0.6) is 0 Å². The van der Waals surface area contributed by atoms with Crippen molar-refractivity contribution in [2.24, 2.45) is 17.8 Å². The summed E-state index contributed by atoms with van der Waals surface area (Å²) in [6.45, 7) is 10.2. The number of carbonyl (C=O) groups excluding carboxylic acids is 1. The molecule has 0 aromatic carbocycles. The third-order valence-electron chi connectivity index (χ3n) is 3.43. The zero-order valence-corrected chi connectivity index (χ0v) is 10.6. The van der Waals surface area contributed by atoms with Crippen molar-refractivity contribution in [3.05, 3.63) is 6.92 Å². The lowest BCUT2D eigenvalue weighted by atomic mass is 9.75. The van der Waals surface area contributed by atoms with E-state index in [2.05, 4.69) is 27.7 Å². The first-order chi connectivity index (χ1) is 7.54. The highest BCUT2D eigenvalue weighted by atomic mass is 16.7.